The van der Waals surface area contributed by atoms with Gasteiger partial charge in [0.2, 0.25) is 0 Å². The van der Waals surface area contributed by atoms with Crippen LogP contribution in [0.4, 0.5) is 4.39 Å². The predicted molar refractivity (Wildman–Crippen MR) is 117 cm³/mol. The van der Waals surface area contributed by atoms with E-state index in [0.717, 1.165) is 23.8 Å². The molecule has 0 unspecified atom stereocenters. The molecule has 0 radical (unpaired) electrons. The molecule has 0 amide bonds. The molecule has 0 bridgehead atoms. The third-order valence-corrected chi connectivity index (χ3v) is 6.30. The van der Waals surface area contributed by atoms with Gasteiger partial charge in [0.15, 0.2) is 0 Å². The first-order valence-corrected chi connectivity index (χ1v) is 11.1. The molecular weight excluding hydrogens is 367 g/mol. The van der Waals surface area contributed by atoms with E-state index in [1.54, 1.807) is 12.1 Å². The number of rotatable bonds is 6. The van der Waals surface area contributed by atoms with Crippen molar-refractivity contribution in [3.63, 3.8) is 0 Å². The summed E-state index contributed by atoms with van der Waals surface area (Å²) in [6.45, 7) is 2.29. The zero-order valence-corrected chi connectivity index (χ0v) is 17.6. The van der Waals surface area contributed by atoms with Crippen LogP contribution in [0.25, 0.3) is 0 Å². The van der Waals surface area contributed by atoms with Crippen LogP contribution in [0.3, 0.4) is 0 Å². The summed E-state index contributed by atoms with van der Waals surface area (Å²) in [5, 5.41) is 0.129. The Kier molecular flexibility index (Phi) is 7.99. The first-order chi connectivity index (χ1) is 13.6. The molecule has 0 heterocycles. The summed E-state index contributed by atoms with van der Waals surface area (Å²) < 4.78 is 13.5. The van der Waals surface area contributed by atoms with Crippen LogP contribution >= 0.6 is 11.6 Å². The molecule has 2 aromatic carbocycles. The lowest BCUT2D eigenvalue weighted by molar-refractivity contribution is 0.250. The van der Waals surface area contributed by atoms with Crippen LogP contribution in [-0.4, -0.2) is 0 Å². The average Bonchev–Trinajstić information content (AvgIpc) is 2.73. The standard InChI is InChI=1S/C26H30ClF/c1-2-3-4-20-5-7-21(8-6-20)9-10-22-11-13-23(14-12-22)15-16-24-17-18-25(27)26(28)19-24/h11-14,17-21H,2-10H2,1H3/t20-,21-. The van der Waals surface area contributed by atoms with E-state index in [4.69, 9.17) is 11.6 Å². The first-order valence-electron chi connectivity index (χ1n) is 10.7. The van der Waals surface area contributed by atoms with E-state index < -0.39 is 5.82 Å². The summed E-state index contributed by atoms with van der Waals surface area (Å²) in [4.78, 5) is 0. The molecule has 0 aliphatic heterocycles. The van der Waals surface area contributed by atoms with Gasteiger partial charge in [-0.25, -0.2) is 4.39 Å². The Morgan fingerprint density at radius 2 is 1.50 bits per heavy atom. The minimum absolute atomic E-state index is 0.129. The van der Waals surface area contributed by atoms with Crippen LogP contribution in [0.5, 0.6) is 0 Å². The van der Waals surface area contributed by atoms with Crippen molar-refractivity contribution >= 4 is 11.6 Å². The molecule has 2 aromatic rings. The smallest absolute Gasteiger partial charge is 0.143 e. The van der Waals surface area contributed by atoms with E-state index in [-0.39, 0.29) is 5.02 Å². The molecule has 0 atom stereocenters. The topological polar surface area (TPSA) is 0 Å². The highest BCUT2D eigenvalue weighted by molar-refractivity contribution is 6.30. The Morgan fingerprint density at radius 3 is 2.14 bits per heavy atom. The quantitative estimate of drug-likeness (QED) is 0.436. The second kappa shape index (κ2) is 10.7. The van der Waals surface area contributed by atoms with Gasteiger partial charge in [-0.15, -0.1) is 0 Å². The Bertz CT molecular complexity index is 805. The summed E-state index contributed by atoms with van der Waals surface area (Å²) in [7, 11) is 0. The monoisotopic (exact) mass is 396 g/mol. The number of hydrogen-bond donors (Lipinski definition) is 0. The van der Waals surface area contributed by atoms with E-state index in [1.807, 2.05) is 0 Å². The van der Waals surface area contributed by atoms with E-state index >= 15 is 0 Å². The zero-order chi connectivity index (χ0) is 19.8. The molecule has 148 valence electrons. The molecule has 1 fully saturated rings. The second-order valence-corrected chi connectivity index (χ2v) is 8.55. The maximum atomic E-state index is 13.5. The lowest BCUT2D eigenvalue weighted by atomic mass is 9.78. The first kappa shape index (κ1) is 20.9. The van der Waals surface area contributed by atoms with E-state index in [2.05, 4.69) is 43.0 Å². The van der Waals surface area contributed by atoms with Gasteiger partial charge in [-0.3, -0.25) is 0 Å². The number of aryl methyl sites for hydroxylation is 1. The second-order valence-electron chi connectivity index (χ2n) is 8.14. The lowest BCUT2D eigenvalue weighted by Crippen LogP contribution is -2.15. The van der Waals surface area contributed by atoms with Gasteiger partial charge >= 0.3 is 0 Å². The zero-order valence-electron chi connectivity index (χ0n) is 16.8. The molecule has 28 heavy (non-hydrogen) atoms. The number of unbranched alkanes of at least 4 members (excludes halogenated alkanes) is 1. The lowest BCUT2D eigenvalue weighted by Gasteiger charge is -2.28. The third-order valence-electron chi connectivity index (χ3n) is 6.00. The number of halogens is 2. The molecule has 0 saturated heterocycles. The van der Waals surface area contributed by atoms with Gasteiger partial charge in [0, 0.05) is 11.1 Å². The fraction of sp³-hybridized carbons (Fsp3) is 0.462. The van der Waals surface area contributed by atoms with Crippen LogP contribution < -0.4 is 0 Å². The number of benzene rings is 2. The highest BCUT2D eigenvalue weighted by Gasteiger charge is 2.20. The van der Waals surface area contributed by atoms with Crippen molar-refractivity contribution in [3.8, 4) is 11.8 Å². The Balaban J connectivity index is 1.46. The molecule has 0 spiro atoms. The molecular formula is C26H30ClF. The summed E-state index contributed by atoms with van der Waals surface area (Å²) >= 11 is 5.70. The highest BCUT2D eigenvalue weighted by Crippen LogP contribution is 2.34. The van der Waals surface area contributed by atoms with Gasteiger partial charge in [0.05, 0.1) is 5.02 Å². The number of hydrogen-bond acceptors (Lipinski definition) is 0. The molecule has 1 saturated carbocycles. The van der Waals surface area contributed by atoms with Crippen molar-refractivity contribution in [2.45, 2.75) is 64.7 Å². The normalized spacial score (nSPS) is 19.1. The van der Waals surface area contributed by atoms with E-state index in [1.165, 1.54) is 63.0 Å². The summed E-state index contributed by atoms with van der Waals surface area (Å²) in [6, 6.07) is 13.1. The van der Waals surface area contributed by atoms with Crippen molar-refractivity contribution in [1.29, 1.82) is 0 Å². The van der Waals surface area contributed by atoms with Gasteiger partial charge < -0.3 is 0 Å². The molecule has 2 heteroatoms. The van der Waals surface area contributed by atoms with Crippen LogP contribution in [0.15, 0.2) is 42.5 Å². The molecule has 0 aromatic heterocycles. The van der Waals surface area contributed by atoms with Crippen molar-refractivity contribution in [3.05, 3.63) is 70.0 Å². The highest BCUT2D eigenvalue weighted by atomic mass is 35.5. The minimum atomic E-state index is -0.428. The maximum Gasteiger partial charge on any atom is 0.143 e. The molecule has 0 N–H and O–H groups in total. The molecule has 0 nitrogen and oxygen atoms in total. The fourth-order valence-corrected chi connectivity index (χ4v) is 4.26. The largest absolute Gasteiger partial charge is 0.205 e. The SMILES string of the molecule is CCCC[C@H]1CC[C@H](CCc2ccc(C#Cc3ccc(Cl)c(F)c3)cc2)CC1. The minimum Gasteiger partial charge on any atom is -0.205 e. The van der Waals surface area contributed by atoms with Crippen LogP contribution in [0.1, 0.15) is 75.0 Å². The van der Waals surface area contributed by atoms with Gasteiger partial charge in [-0.1, -0.05) is 87.4 Å². The van der Waals surface area contributed by atoms with Gasteiger partial charge in [0.1, 0.15) is 5.82 Å². The van der Waals surface area contributed by atoms with E-state index in [9.17, 15) is 4.39 Å². The Morgan fingerprint density at radius 1 is 0.893 bits per heavy atom. The molecule has 1 aliphatic rings. The maximum absolute atomic E-state index is 13.5. The summed E-state index contributed by atoms with van der Waals surface area (Å²) in [5.74, 6) is 7.57. The summed E-state index contributed by atoms with van der Waals surface area (Å²) in [6.07, 6.45) is 12.3. The van der Waals surface area contributed by atoms with Gasteiger partial charge in [-0.2, -0.15) is 0 Å². The molecule has 1 aliphatic carbocycles. The van der Waals surface area contributed by atoms with Crippen molar-refractivity contribution in [2.75, 3.05) is 0 Å². The van der Waals surface area contributed by atoms with Crippen molar-refractivity contribution in [2.24, 2.45) is 11.8 Å². The Hall–Kier alpha value is -1.78. The Labute approximate surface area is 174 Å². The molecule has 3 rings (SSSR count). The predicted octanol–water partition coefficient (Wildman–Crippen LogP) is 7.81. The summed E-state index contributed by atoms with van der Waals surface area (Å²) in [5.41, 5.74) is 2.98. The van der Waals surface area contributed by atoms with Crippen LogP contribution in [0, 0.1) is 29.5 Å². The van der Waals surface area contributed by atoms with Gasteiger partial charge in [0.25, 0.3) is 0 Å². The van der Waals surface area contributed by atoms with Crippen molar-refractivity contribution < 1.29 is 4.39 Å². The van der Waals surface area contributed by atoms with Crippen LogP contribution in [0.2, 0.25) is 5.02 Å². The van der Waals surface area contributed by atoms with E-state index in [0.29, 0.717) is 5.56 Å². The van der Waals surface area contributed by atoms with Crippen LogP contribution in [-0.2, 0) is 6.42 Å². The average molecular weight is 397 g/mol. The van der Waals surface area contributed by atoms with Gasteiger partial charge in [-0.05, 0) is 60.6 Å². The third kappa shape index (κ3) is 6.39. The van der Waals surface area contributed by atoms with Crippen molar-refractivity contribution in [1.82, 2.24) is 0 Å². The fourth-order valence-electron chi connectivity index (χ4n) is 4.15.